The molecule has 1 fully saturated rings. The van der Waals surface area contributed by atoms with E-state index >= 15 is 0 Å². The number of nitrogens with zero attached hydrogens (tertiary/aromatic N) is 3. The molecule has 7 nitrogen and oxygen atoms in total. The SMILES string of the molecule is COCCCN(Cc1c(-c2ccccc2)noc1N1CCCCC1)C[C@@H](O)COC(C)C. The van der Waals surface area contributed by atoms with Gasteiger partial charge in [-0.25, -0.2) is 0 Å². The maximum Gasteiger partial charge on any atom is 0.232 e. The second-order valence-corrected chi connectivity index (χ2v) is 8.85. The van der Waals surface area contributed by atoms with Crippen LogP contribution in [-0.4, -0.2) is 73.9 Å². The summed E-state index contributed by atoms with van der Waals surface area (Å²) in [6.45, 7) is 8.95. The van der Waals surface area contributed by atoms with Crippen molar-refractivity contribution in [3.8, 4) is 11.3 Å². The van der Waals surface area contributed by atoms with Crippen molar-refractivity contribution in [2.75, 3.05) is 51.4 Å². The first kappa shape index (κ1) is 24.7. The molecule has 0 spiro atoms. The van der Waals surface area contributed by atoms with Crippen LogP contribution in [0, 0.1) is 0 Å². The highest BCUT2D eigenvalue weighted by atomic mass is 16.5. The molecule has 1 aliphatic heterocycles. The van der Waals surface area contributed by atoms with Crippen molar-refractivity contribution in [3.05, 3.63) is 35.9 Å². The molecule has 1 N–H and O–H groups in total. The molecular formula is C25H39N3O4. The molecule has 1 atom stereocenters. The largest absolute Gasteiger partial charge is 0.389 e. The van der Waals surface area contributed by atoms with Crippen LogP contribution < -0.4 is 4.90 Å². The molecule has 0 radical (unpaired) electrons. The number of piperidine rings is 1. The van der Waals surface area contributed by atoms with Crippen molar-refractivity contribution in [1.82, 2.24) is 10.1 Å². The van der Waals surface area contributed by atoms with Crippen molar-refractivity contribution in [2.24, 2.45) is 0 Å². The van der Waals surface area contributed by atoms with Gasteiger partial charge in [0.15, 0.2) is 0 Å². The van der Waals surface area contributed by atoms with Gasteiger partial charge in [0.25, 0.3) is 0 Å². The Bertz CT molecular complexity index is 775. The van der Waals surface area contributed by atoms with Crippen LogP contribution in [0.15, 0.2) is 34.9 Å². The summed E-state index contributed by atoms with van der Waals surface area (Å²) >= 11 is 0. The topological polar surface area (TPSA) is 71.2 Å². The zero-order valence-electron chi connectivity index (χ0n) is 19.8. The van der Waals surface area contributed by atoms with Crippen molar-refractivity contribution in [3.63, 3.8) is 0 Å². The van der Waals surface area contributed by atoms with Gasteiger partial charge in [0.1, 0.15) is 5.69 Å². The van der Waals surface area contributed by atoms with Crippen molar-refractivity contribution in [1.29, 1.82) is 0 Å². The second-order valence-electron chi connectivity index (χ2n) is 8.85. The number of hydrogen-bond donors (Lipinski definition) is 1. The molecule has 1 aromatic heterocycles. The lowest BCUT2D eigenvalue weighted by Crippen LogP contribution is -2.37. The molecule has 178 valence electrons. The van der Waals surface area contributed by atoms with Crippen molar-refractivity contribution < 1.29 is 19.1 Å². The third kappa shape index (κ3) is 7.30. The minimum atomic E-state index is -0.557. The van der Waals surface area contributed by atoms with E-state index in [1.54, 1.807) is 7.11 Å². The molecule has 0 unspecified atom stereocenters. The lowest BCUT2D eigenvalue weighted by atomic mass is 10.1. The number of methoxy groups -OCH3 is 1. The normalized spacial score (nSPS) is 15.6. The van der Waals surface area contributed by atoms with Gasteiger partial charge < -0.3 is 24.0 Å². The van der Waals surface area contributed by atoms with Gasteiger partial charge in [-0.05, 0) is 39.5 Å². The highest BCUT2D eigenvalue weighted by Gasteiger charge is 2.26. The number of aromatic nitrogens is 1. The van der Waals surface area contributed by atoms with E-state index in [2.05, 4.69) is 27.1 Å². The molecule has 0 aliphatic carbocycles. The van der Waals surface area contributed by atoms with E-state index in [1.165, 1.54) is 19.3 Å². The number of hydrogen-bond acceptors (Lipinski definition) is 7. The fourth-order valence-electron chi connectivity index (χ4n) is 4.16. The molecule has 32 heavy (non-hydrogen) atoms. The maximum atomic E-state index is 10.6. The van der Waals surface area contributed by atoms with E-state index < -0.39 is 6.10 Å². The predicted octanol–water partition coefficient (Wildman–Crippen LogP) is 3.96. The van der Waals surface area contributed by atoms with Crippen LogP contribution >= 0.6 is 0 Å². The highest BCUT2D eigenvalue weighted by molar-refractivity contribution is 5.68. The summed E-state index contributed by atoms with van der Waals surface area (Å²) in [6.07, 6.45) is 4.03. The lowest BCUT2D eigenvalue weighted by Gasteiger charge is -2.29. The Kier molecular flexibility index (Phi) is 9.99. The molecule has 0 bridgehead atoms. The first-order valence-electron chi connectivity index (χ1n) is 11.9. The van der Waals surface area contributed by atoms with Gasteiger partial charge in [-0.15, -0.1) is 0 Å². The van der Waals surface area contributed by atoms with E-state index in [4.69, 9.17) is 14.0 Å². The molecule has 1 aliphatic rings. The Balaban J connectivity index is 1.83. The molecular weight excluding hydrogens is 406 g/mol. The van der Waals surface area contributed by atoms with E-state index in [1.807, 2.05) is 32.0 Å². The van der Waals surface area contributed by atoms with E-state index in [0.29, 0.717) is 26.3 Å². The van der Waals surface area contributed by atoms with Crippen LogP contribution in [0.2, 0.25) is 0 Å². The summed E-state index contributed by atoms with van der Waals surface area (Å²) < 4.78 is 16.8. The third-order valence-electron chi connectivity index (χ3n) is 5.75. The van der Waals surface area contributed by atoms with Crippen LogP contribution in [0.3, 0.4) is 0 Å². The van der Waals surface area contributed by atoms with Gasteiger partial charge in [-0.3, -0.25) is 4.90 Å². The Morgan fingerprint density at radius 3 is 2.59 bits per heavy atom. The number of benzene rings is 1. The van der Waals surface area contributed by atoms with Gasteiger partial charge in [-0.1, -0.05) is 35.5 Å². The summed E-state index contributed by atoms with van der Waals surface area (Å²) in [5, 5.41) is 15.1. The van der Waals surface area contributed by atoms with Crippen molar-refractivity contribution >= 4 is 5.88 Å². The number of anilines is 1. The first-order valence-corrected chi connectivity index (χ1v) is 11.9. The zero-order valence-corrected chi connectivity index (χ0v) is 19.8. The molecule has 1 saturated heterocycles. The molecule has 0 saturated carbocycles. The molecule has 0 amide bonds. The monoisotopic (exact) mass is 445 g/mol. The van der Waals surface area contributed by atoms with Crippen LogP contribution in [0.5, 0.6) is 0 Å². The highest BCUT2D eigenvalue weighted by Crippen LogP contribution is 2.34. The average Bonchev–Trinajstić information content (AvgIpc) is 3.22. The third-order valence-corrected chi connectivity index (χ3v) is 5.75. The minimum absolute atomic E-state index is 0.0973. The van der Waals surface area contributed by atoms with Gasteiger partial charge in [-0.2, -0.15) is 0 Å². The molecule has 2 aromatic rings. The lowest BCUT2D eigenvalue weighted by molar-refractivity contribution is -0.0103. The molecule has 2 heterocycles. The summed E-state index contributed by atoms with van der Waals surface area (Å²) in [5.41, 5.74) is 3.03. The van der Waals surface area contributed by atoms with Gasteiger partial charge in [0.2, 0.25) is 5.88 Å². The zero-order chi connectivity index (χ0) is 22.8. The number of ether oxygens (including phenoxy) is 2. The Morgan fingerprint density at radius 2 is 1.91 bits per heavy atom. The van der Waals surface area contributed by atoms with Gasteiger partial charge in [0, 0.05) is 52.0 Å². The Hall–Kier alpha value is -1.93. The summed E-state index contributed by atoms with van der Waals surface area (Å²) in [5.74, 6) is 0.869. The minimum Gasteiger partial charge on any atom is -0.389 e. The second kappa shape index (κ2) is 12.9. The molecule has 1 aromatic carbocycles. The average molecular weight is 446 g/mol. The molecule has 3 rings (SSSR count). The fourth-order valence-corrected chi connectivity index (χ4v) is 4.16. The smallest absolute Gasteiger partial charge is 0.232 e. The van der Waals surface area contributed by atoms with Crippen LogP contribution in [0.4, 0.5) is 5.88 Å². The van der Waals surface area contributed by atoms with Crippen LogP contribution in [0.1, 0.15) is 45.1 Å². The summed E-state index contributed by atoms with van der Waals surface area (Å²) in [7, 11) is 1.72. The first-order chi connectivity index (χ1) is 15.6. The van der Waals surface area contributed by atoms with E-state index in [-0.39, 0.29) is 6.10 Å². The van der Waals surface area contributed by atoms with Crippen LogP contribution in [0.25, 0.3) is 11.3 Å². The maximum absolute atomic E-state index is 10.6. The van der Waals surface area contributed by atoms with Crippen molar-refractivity contribution in [2.45, 2.75) is 58.3 Å². The predicted molar refractivity (Wildman–Crippen MR) is 127 cm³/mol. The number of aliphatic hydroxyl groups is 1. The fraction of sp³-hybridized carbons (Fsp3) is 0.640. The number of rotatable bonds is 13. The standard InChI is InChI=1S/C25H39N3O4/c1-20(2)31-19-22(29)17-27(13-10-16-30-3)18-23-24(21-11-6-4-7-12-21)26-32-25(23)28-14-8-5-9-15-28/h4,6-7,11-12,20,22,29H,5,8-10,13-19H2,1-3H3/t22-/m1/s1. The van der Waals surface area contributed by atoms with Gasteiger partial charge >= 0.3 is 0 Å². The summed E-state index contributed by atoms with van der Waals surface area (Å²) in [4.78, 5) is 4.59. The quantitative estimate of drug-likeness (QED) is 0.468. The Labute approximate surface area is 192 Å². The van der Waals surface area contributed by atoms with Crippen LogP contribution in [-0.2, 0) is 16.0 Å². The number of aliphatic hydroxyl groups excluding tert-OH is 1. The van der Waals surface area contributed by atoms with E-state index in [9.17, 15) is 5.11 Å². The van der Waals surface area contributed by atoms with Gasteiger partial charge in [0.05, 0.1) is 24.4 Å². The Morgan fingerprint density at radius 1 is 1.16 bits per heavy atom. The molecule has 7 heteroatoms. The summed E-state index contributed by atoms with van der Waals surface area (Å²) in [6, 6.07) is 10.2. The van der Waals surface area contributed by atoms with E-state index in [0.717, 1.165) is 48.8 Å².